The molecule has 0 amide bonds. The molecule has 1 atom stereocenters. The van der Waals surface area contributed by atoms with Gasteiger partial charge in [-0.05, 0) is 54.8 Å². The lowest BCUT2D eigenvalue weighted by Gasteiger charge is -2.24. The van der Waals surface area contributed by atoms with Gasteiger partial charge in [0.05, 0.1) is 0 Å². The Morgan fingerprint density at radius 2 is 2.08 bits per heavy atom. The fraction of sp³-hybridized carbons (Fsp3) is 0.429. The van der Waals surface area contributed by atoms with E-state index in [1.54, 1.807) is 0 Å². The van der Waals surface area contributed by atoms with Crippen molar-refractivity contribution in [2.75, 3.05) is 45.2 Å². The molecule has 1 unspecified atom stereocenters. The minimum absolute atomic E-state index is 0.0980. The zero-order valence-electron chi connectivity index (χ0n) is 15.3. The molecule has 1 N–H and O–H groups in total. The highest BCUT2D eigenvalue weighted by molar-refractivity contribution is 6.30. The van der Waals surface area contributed by atoms with Gasteiger partial charge in [-0.25, -0.2) is 0 Å². The van der Waals surface area contributed by atoms with Crippen LogP contribution < -0.4 is 10.1 Å². The molecule has 0 bridgehead atoms. The van der Waals surface area contributed by atoms with Gasteiger partial charge in [-0.1, -0.05) is 23.7 Å². The van der Waals surface area contributed by atoms with E-state index in [9.17, 15) is 0 Å². The van der Waals surface area contributed by atoms with Gasteiger partial charge in [0.2, 0.25) is 0 Å². The first-order valence-electron chi connectivity index (χ1n) is 9.22. The summed E-state index contributed by atoms with van der Waals surface area (Å²) in [6, 6.07) is 16.1. The van der Waals surface area contributed by atoms with Crippen molar-refractivity contribution < 1.29 is 9.47 Å². The molecule has 1 saturated heterocycles. The first kappa shape index (κ1) is 19.0. The third-order valence-electron chi connectivity index (χ3n) is 4.62. The standard InChI is InChI=1S/C21H27ClN2O2/c1-23-19-6-8-20(9-7-19)26-16-21-15-24(11-3-13-25-21)12-10-17-4-2-5-18(22)14-17/h2,4-9,14,21,23H,3,10-13,15-16H2,1H3. The van der Waals surface area contributed by atoms with Crippen LogP contribution in [0.15, 0.2) is 48.5 Å². The van der Waals surface area contributed by atoms with Crippen LogP contribution in [0.3, 0.4) is 0 Å². The Morgan fingerprint density at radius 3 is 2.85 bits per heavy atom. The number of ether oxygens (including phenoxy) is 2. The minimum Gasteiger partial charge on any atom is -0.491 e. The van der Waals surface area contributed by atoms with Gasteiger partial charge >= 0.3 is 0 Å². The molecule has 26 heavy (non-hydrogen) atoms. The zero-order valence-corrected chi connectivity index (χ0v) is 16.0. The maximum Gasteiger partial charge on any atom is 0.119 e. The molecule has 2 aromatic carbocycles. The van der Waals surface area contributed by atoms with Gasteiger partial charge < -0.3 is 19.7 Å². The molecule has 1 fully saturated rings. The van der Waals surface area contributed by atoms with Gasteiger partial charge in [-0.2, -0.15) is 0 Å². The maximum atomic E-state index is 6.08. The Labute approximate surface area is 161 Å². The Kier molecular flexibility index (Phi) is 7.18. The summed E-state index contributed by atoms with van der Waals surface area (Å²) in [5.74, 6) is 0.877. The summed E-state index contributed by atoms with van der Waals surface area (Å²) in [6.07, 6.45) is 2.16. The van der Waals surface area contributed by atoms with E-state index in [1.165, 1.54) is 5.56 Å². The van der Waals surface area contributed by atoms with Crippen LogP contribution in [0.1, 0.15) is 12.0 Å². The van der Waals surface area contributed by atoms with Crippen LogP contribution in [-0.2, 0) is 11.2 Å². The van der Waals surface area contributed by atoms with E-state index in [4.69, 9.17) is 21.1 Å². The van der Waals surface area contributed by atoms with E-state index >= 15 is 0 Å². The van der Waals surface area contributed by atoms with Crippen molar-refractivity contribution in [2.45, 2.75) is 18.9 Å². The van der Waals surface area contributed by atoms with Gasteiger partial charge in [0.25, 0.3) is 0 Å². The molecule has 1 aliphatic heterocycles. The number of hydrogen-bond acceptors (Lipinski definition) is 4. The average molecular weight is 375 g/mol. The molecule has 1 heterocycles. The first-order valence-corrected chi connectivity index (χ1v) is 9.60. The van der Waals surface area contributed by atoms with Gasteiger partial charge in [0.1, 0.15) is 18.5 Å². The van der Waals surface area contributed by atoms with Gasteiger partial charge in [0, 0.05) is 44.0 Å². The molecule has 0 saturated carbocycles. The zero-order chi connectivity index (χ0) is 18.2. The van der Waals surface area contributed by atoms with E-state index in [0.29, 0.717) is 6.61 Å². The summed E-state index contributed by atoms with van der Waals surface area (Å²) in [4.78, 5) is 2.46. The molecule has 140 valence electrons. The van der Waals surface area contributed by atoms with E-state index in [-0.39, 0.29) is 6.10 Å². The topological polar surface area (TPSA) is 33.7 Å². The van der Waals surface area contributed by atoms with Gasteiger partial charge in [-0.3, -0.25) is 0 Å². The molecule has 3 rings (SSSR count). The van der Waals surface area contributed by atoms with E-state index in [2.05, 4.69) is 16.3 Å². The Hall–Kier alpha value is -1.75. The molecule has 0 aliphatic carbocycles. The minimum atomic E-state index is 0.0980. The van der Waals surface area contributed by atoms with Crippen LogP contribution >= 0.6 is 11.6 Å². The lowest BCUT2D eigenvalue weighted by molar-refractivity contribution is 0.0210. The fourth-order valence-electron chi connectivity index (χ4n) is 3.16. The van der Waals surface area contributed by atoms with Gasteiger partial charge in [-0.15, -0.1) is 0 Å². The summed E-state index contributed by atoms with van der Waals surface area (Å²) >= 11 is 6.08. The quantitative estimate of drug-likeness (QED) is 0.791. The Morgan fingerprint density at radius 1 is 1.23 bits per heavy atom. The average Bonchev–Trinajstić information content (AvgIpc) is 2.90. The predicted octanol–water partition coefficient (Wildman–Crippen LogP) is 4.09. The molecule has 4 nitrogen and oxygen atoms in total. The lowest BCUT2D eigenvalue weighted by atomic mass is 10.1. The summed E-state index contributed by atoms with van der Waals surface area (Å²) in [7, 11) is 1.91. The molecular formula is C21H27ClN2O2. The first-order chi connectivity index (χ1) is 12.7. The van der Waals surface area contributed by atoms with Crippen LogP contribution in [0.5, 0.6) is 5.75 Å². The highest BCUT2D eigenvalue weighted by Gasteiger charge is 2.19. The second-order valence-electron chi connectivity index (χ2n) is 6.61. The van der Waals surface area contributed by atoms with Crippen LogP contribution in [0.4, 0.5) is 5.69 Å². The number of benzene rings is 2. The smallest absolute Gasteiger partial charge is 0.119 e. The van der Waals surface area contributed by atoms with Crippen LogP contribution in [0.25, 0.3) is 0 Å². The normalized spacial score (nSPS) is 18.3. The highest BCUT2D eigenvalue weighted by Crippen LogP contribution is 2.17. The number of halogens is 1. The second-order valence-corrected chi connectivity index (χ2v) is 7.05. The molecule has 5 heteroatoms. The van der Waals surface area contributed by atoms with E-state index < -0.39 is 0 Å². The van der Waals surface area contributed by atoms with Crippen LogP contribution in [-0.4, -0.2) is 50.9 Å². The highest BCUT2D eigenvalue weighted by atomic mass is 35.5. The Balaban J connectivity index is 1.48. The third-order valence-corrected chi connectivity index (χ3v) is 4.85. The van der Waals surface area contributed by atoms with Crippen molar-refractivity contribution in [2.24, 2.45) is 0 Å². The summed E-state index contributed by atoms with van der Waals surface area (Å²) in [5.41, 5.74) is 2.36. The predicted molar refractivity (Wildman–Crippen MR) is 107 cm³/mol. The van der Waals surface area contributed by atoms with E-state index in [0.717, 1.165) is 55.5 Å². The largest absolute Gasteiger partial charge is 0.491 e. The van der Waals surface area contributed by atoms with Crippen molar-refractivity contribution in [3.63, 3.8) is 0 Å². The molecule has 0 radical (unpaired) electrons. The lowest BCUT2D eigenvalue weighted by Crippen LogP contribution is -2.36. The monoisotopic (exact) mass is 374 g/mol. The number of rotatable bonds is 7. The van der Waals surface area contributed by atoms with Crippen molar-refractivity contribution in [3.05, 3.63) is 59.1 Å². The molecule has 1 aliphatic rings. The number of nitrogens with one attached hydrogen (secondary N) is 1. The van der Waals surface area contributed by atoms with Gasteiger partial charge in [0.15, 0.2) is 0 Å². The van der Waals surface area contributed by atoms with Crippen molar-refractivity contribution in [1.82, 2.24) is 4.90 Å². The van der Waals surface area contributed by atoms with Crippen molar-refractivity contribution >= 4 is 17.3 Å². The number of hydrogen-bond donors (Lipinski definition) is 1. The molecular weight excluding hydrogens is 348 g/mol. The third kappa shape index (κ3) is 5.90. The summed E-state index contributed by atoms with van der Waals surface area (Å²) in [6.45, 7) is 4.34. The number of anilines is 1. The van der Waals surface area contributed by atoms with Crippen molar-refractivity contribution in [3.8, 4) is 5.75 Å². The molecule has 2 aromatic rings. The SMILES string of the molecule is CNc1ccc(OCC2CN(CCc3cccc(Cl)c3)CCCO2)cc1. The fourth-order valence-corrected chi connectivity index (χ4v) is 3.37. The summed E-state index contributed by atoms with van der Waals surface area (Å²) in [5, 5.41) is 3.91. The maximum absolute atomic E-state index is 6.08. The van der Waals surface area contributed by atoms with Crippen LogP contribution in [0.2, 0.25) is 5.02 Å². The molecule has 0 spiro atoms. The van der Waals surface area contributed by atoms with Crippen molar-refractivity contribution in [1.29, 1.82) is 0 Å². The Bertz CT molecular complexity index is 678. The summed E-state index contributed by atoms with van der Waals surface area (Å²) < 4.78 is 11.9. The van der Waals surface area contributed by atoms with Crippen LogP contribution in [0, 0.1) is 0 Å². The second kappa shape index (κ2) is 9.81. The molecule has 0 aromatic heterocycles. The van der Waals surface area contributed by atoms with E-state index in [1.807, 2.05) is 49.5 Å². The number of nitrogens with zero attached hydrogens (tertiary/aromatic N) is 1.